The van der Waals surface area contributed by atoms with Crippen molar-refractivity contribution >= 4 is 22.6 Å². The Morgan fingerprint density at radius 2 is 1.36 bits per heavy atom. The summed E-state index contributed by atoms with van der Waals surface area (Å²) in [5.74, 6) is -0.657. The monoisotopic (exact) mass is 338 g/mol. The van der Waals surface area contributed by atoms with Gasteiger partial charge in [0.2, 0.25) is 11.4 Å². The topological polar surface area (TPSA) is 81.7 Å². The van der Waals surface area contributed by atoms with E-state index in [9.17, 15) is 18.4 Å². The first-order valence-electron chi connectivity index (χ1n) is 5.96. The minimum absolute atomic E-state index is 0. The molecule has 1 atom stereocenters. The van der Waals surface area contributed by atoms with Crippen molar-refractivity contribution in [2.75, 3.05) is 6.67 Å². The minimum Gasteiger partial charge on any atom is -0.295 e. The van der Waals surface area contributed by atoms with Crippen molar-refractivity contribution in [2.24, 2.45) is 10.8 Å². The van der Waals surface area contributed by atoms with Crippen molar-refractivity contribution in [3.05, 3.63) is 0 Å². The molecule has 0 saturated heterocycles. The molecule has 0 rings (SSSR count). The van der Waals surface area contributed by atoms with E-state index in [1.54, 1.807) is 41.5 Å². The van der Waals surface area contributed by atoms with Crippen LogP contribution < -0.4 is 0 Å². The van der Waals surface area contributed by atoms with Gasteiger partial charge in [-0.15, -0.1) is 0 Å². The van der Waals surface area contributed by atoms with Gasteiger partial charge in [0.05, 0.1) is 6.07 Å². The van der Waals surface area contributed by atoms with Crippen molar-refractivity contribution in [1.82, 2.24) is 0 Å². The standard InChI is InChI=1S/C7H10FNO.C5H9ClO.C2H2FN.CH4/c1-7(2,3)6(10)5(8)4-9;1-5(2,3)4(6)7;3-1-2-4;/h5H,1-3H3;1-3H3;1H2;1H4. The Balaban J connectivity index is -0.000000118. The van der Waals surface area contributed by atoms with Crippen molar-refractivity contribution in [3.8, 4) is 12.1 Å². The average Bonchev–Trinajstić information content (AvgIpc) is 2.35. The molecule has 22 heavy (non-hydrogen) atoms. The molecule has 0 bridgehead atoms. The zero-order valence-corrected chi connectivity index (χ0v) is 13.9. The number of nitriles is 2. The Bertz CT molecular complexity index is 413. The zero-order chi connectivity index (χ0) is 17.9. The molecule has 0 radical (unpaired) electrons. The maximum Gasteiger partial charge on any atom is 0.244 e. The highest BCUT2D eigenvalue weighted by Gasteiger charge is 2.29. The number of alkyl halides is 2. The van der Waals surface area contributed by atoms with Crippen LogP contribution in [0.4, 0.5) is 8.78 Å². The van der Waals surface area contributed by atoms with Crippen LogP contribution in [0.25, 0.3) is 0 Å². The van der Waals surface area contributed by atoms with Crippen LogP contribution in [0.5, 0.6) is 0 Å². The molecule has 0 aliphatic rings. The minimum atomic E-state index is -1.97. The van der Waals surface area contributed by atoms with Crippen LogP contribution in [0.3, 0.4) is 0 Å². The summed E-state index contributed by atoms with van der Waals surface area (Å²) in [6, 6.07) is 2.52. The Morgan fingerprint density at radius 1 is 1.09 bits per heavy atom. The number of hydrogen-bond donors (Lipinski definition) is 0. The maximum absolute atomic E-state index is 12.3. The number of nitrogens with zero attached hydrogens (tertiary/aromatic N) is 2. The molecule has 1 unspecified atom stereocenters. The molecule has 0 N–H and O–H groups in total. The van der Waals surface area contributed by atoms with E-state index in [0.717, 1.165) is 0 Å². The number of halogens is 3. The molecule has 0 amide bonds. The molecule has 0 heterocycles. The summed E-state index contributed by atoms with van der Waals surface area (Å²) in [7, 11) is 0. The highest BCUT2D eigenvalue weighted by Crippen LogP contribution is 2.17. The third kappa shape index (κ3) is 18.5. The predicted octanol–water partition coefficient (Wildman–Crippen LogP) is 4.38. The summed E-state index contributed by atoms with van der Waals surface area (Å²) >= 11 is 5.11. The van der Waals surface area contributed by atoms with Crippen LogP contribution in [0.1, 0.15) is 49.0 Å². The lowest BCUT2D eigenvalue weighted by molar-refractivity contribution is -0.129. The second kappa shape index (κ2) is 13.2. The molecule has 0 aromatic rings. The van der Waals surface area contributed by atoms with Crippen LogP contribution in [0.2, 0.25) is 0 Å². The molecule has 0 saturated carbocycles. The van der Waals surface area contributed by atoms with E-state index in [0.29, 0.717) is 0 Å². The lowest BCUT2D eigenvalue weighted by atomic mass is 9.88. The fourth-order valence-electron chi connectivity index (χ4n) is 0.439. The average molecular weight is 339 g/mol. The van der Waals surface area contributed by atoms with Gasteiger partial charge in [-0.3, -0.25) is 9.59 Å². The molecule has 0 aliphatic carbocycles. The van der Waals surface area contributed by atoms with Gasteiger partial charge in [0.25, 0.3) is 0 Å². The Labute approximate surface area is 137 Å². The van der Waals surface area contributed by atoms with E-state index in [2.05, 4.69) is 0 Å². The fraction of sp³-hybridized carbons (Fsp3) is 0.733. The first-order chi connectivity index (χ1) is 9.25. The van der Waals surface area contributed by atoms with Gasteiger partial charge >= 0.3 is 0 Å². The molecule has 0 aromatic carbocycles. The van der Waals surface area contributed by atoms with Gasteiger partial charge in [0, 0.05) is 10.8 Å². The Hall–Kier alpha value is -1.53. The van der Waals surface area contributed by atoms with Gasteiger partial charge in [0.1, 0.15) is 6.07 Å². The highest BCUT2D eigenvalue weighted by atomic mass is 35.5. The summed E-state index contributed by atoms with van der Waals surface area (Å²) in [6.45, 7) is 9.21. The summed E-state index contributed by atoms with van der Waals surface area (Å²) in [5, 5.41) is 15.0. The molecule has 4 nitrogen and oxygen atoms in total. The first kappa shape index (κ1) is 28.6. The SMILES string of the molecule is C.CC(C)(C)C(=O)C(F)C#N.CC(C)(C)C(=O)Cl.N#CCF. The number of carbonyl (C=O) groups is 2. The fourth-order valence-corrected chi connectivity index (χ4v) is 0.439. The smallest absolute Gasteiger partial charge is 0.244 e. The van der Waals surface area contributed by atoms with Crippen LogP contribution in [0, 0.1) is 33.5 Å². The van der Waals surface area contributed by atoms with Gasteiger partial charge < -0.3 is 0 Å². The second-order valence-corrected chi connectivity index (χ2v) is 6.26. The number of ketones is 1. The van der Waals surface area contributed by atoms with Crippen LogP contribution >= 0.6 is 11.6 Å². The van der Waals surface area contributed by atoms with E-state index in [4.69, 9.17) is 22.1 Å². The quantitative estimate of drug-likeness (QED) is 0.664. The lowest BCUT2D eigenvalue weighted by Gasteiger charge is -2.15. The zero-order valence-electron chi connectivity index (χ0n) is 13.1. The summed E-state index contributed by atoms with van der Waals surface area (Å²) < 4.78 is 22.7. The normalized spacial score (nSPS) is 10.9. The van der Waals surface area contributed by atoms with Gasteiger partial charge in [-0.2, -0.15) is 10.5 Å². The second-order valence-electron chi connectivity index (χ2n) is 5.92. The molecule has 0 aliphatic heterocycles. The van der Waals surface area contributed by atoms with Crippen LogP contribution in [0.15, 0.2) is 0 Å². The molecule has 0 fully saturated rings. The van der Waals surface area contributed by atoms with Crippen molar-refractivity contribution in [2.45, 2.75) is 55.1 Å². The van der Waals surface area contributed by atoms with E-state index >= 15 is 0 Å². The Morgan fingerprint density at radius 3 is 1.41 bits per heavy atom. The van der Waals surface area contributed by atoms with Crippen molar-refractivity contribution in [1.29, 1.82) is 10.5 Å². The van der Waals surface area contributed by atoms with E-state index in [1.807, 2.05) is 0 Å². The van der Waals surface area contributed by atoms with Gasteiger partial charge in [-0.1, -0.05) is 49.0 Å². The first-order valence-corrected chi connectivity index (χ1v) is 6.34. The van der Waals surface area contributed by atoms with Gasteiger partial charge in [0.15, 0.2) is 12.5 Å². The third-order valence-corrected chi connectivity index (χ3v) is 2.30. The van der Waals surface area contributed by atoms with Crippen LogP contribution in [-0.4, -0.2) is 23.9 Å². The molecule has 128 valence electrons. The lowest BCUT2D eigenvalue weighted by Crippen LogP contribution is -2.28. The van der Waals surface area contributed by atoms with Crippen molar-refractivity contribution < 1.29 is 18.4 Å². The van der Waals surface area contributed by atoms with Crippen molar-refractivity contribution in [3.63, 3.8) is 0 Å². The largest absolute Gasteiger partial charge is 0.295 e. The van der Waals surface area contributed by atoms with E-state index in [1.165, 1.54) is 12.1 Å². The summed E-state index contributed by atoms with van der Waals surface area (Å²) in [5.41, 5.74) is -1.13. The predicted molar refractivity (Wildman–Crippen MR) is 83.6 cm³/mol. The molecule has 0 spiro atoms. The molecule has 7 heteroatoms. The number of hydrogen-bond acceptors (Lipinski definition) is 4. The van der Waals surface area contributed by atoms with E-state index in [-0.39, 0.29) is 18.1 Å². The summed E-state index contributed by atoms with van der Waals surface area (Å²) in [6.07, 6.45) is -1.97. The third-order valence-electron chi connectivity index (χ3n) is 1.73. The van der Waals surface area contributed by atoms with Crippen LogP contribution in [-0.2, 0) is 9.59 Å². The van der Waals surface area contributed by atoms with Gasteiger partial charge in [-0.25, -0.2) is 8.78 Å². The maximum atomic E-state index is 12.3. The van der Waals surface area contributed by atoms with E-state index < -0.39 is 24.0 Å². The number of Topliss-reactive ketones (excluding diaryl/α,β-unsaturated/α-hetero) is 1. The molecule has 0 aromatic heterocycles. The summed E-state index contributed by atoms with van der Waals surface area (Å²) in [4.78, 5) is 21.0. The van der Waals surface area contributed by atoms with Gasteiger partial charge in [-0.05, 0) is 11.6 Å². The molecular weight excluding hydrogens is 314 g/mol. The number of rotatable bonds is 1. The number of carbonyl (C=O) groups excluding carboxylic acids is 2. The Kier molecular flexibility index (Phi) is 17.1. The molecular formula is C15H25ClF2N2O2. The highest BCUT2D eigenvalue weighted by molar-refractivity contribution is 6.64.